The molecule has 2 rings (SSSR count). The number of carbonyl (C=O) groups excluding carboxylic acids is 3. The van der Waals surface area contributed by atoms with Crippen LogP contribution in [0.15, 0.2) is 30.5 Å². The maximum Gasteiger partial charge on any atom is 0.328 e. The normalized spacial score (nSPS) is 16.4. The van der Waals surface area contributed by atoms with Crippen molar-refractivity contribution in [3.63, 3.8) is 0 Å². The molecule has 11 heteroatoms. The molecular weight excluding hydrogens is 454 g/mol. The van der Waals surface area contributed by atoms with Crippen LogP contribution in [0.5, 0.6) is 0 Å². The quantitative estimate of drug-likeness (QED) is 0.219. The number of aromatic nitrogens is 1. The number of aliphatic hydroxyl groups is 1. The highest BCUT2D eigenvalue weighted by Crippen LogP contribution is 2.19. The molecule has 0 aliphatic heterocycles. The van der Waals surface area contributed by atoms with Gasteiger partial charge in [-0.15, -0.1) is 0 Å². The van der Waals surface area contributed by atoms with Gasteiger partial charge in [-0.05, 0) is 31.4 Å². The first-order valence-electron chi connectivity index (χ1n) is 11.6. The Morgan fingerprint density at radius 1 is 0.971 bits per heavy atom. The lowest BCUT2D eigenvalue weighted by molar-refractivity contribution is -0.145. The number of nitrogens with one attached hydrogen (secondary N) is 4. The zero-order valence-electron chi connectivity index (χ0n) is 20.4. The third-order valence-corrected chi connectivity index (χ3v) is 5.98. The monoisotopic (exact) mass is 489 g/mol. The summed E-state index contributed by atoms with van der Waals surface area (Å²) in [7, 11) is 0. The number of para-hydroxylation sites is 1. The van der Waals surface area contributed by atoms with Crippen LogP contribution in [0.4, 0.5) is 0 Å². The minimum Gasteiger partial charge on any atom is -0.480 e. The number of aliphatic carboxylic acids is 1. The Balaban J connectivity index is 2.35. The first-order valence-corrected chi connectivity index (χ1v) is 11.6. The molecule has 0 radical (unpaired) electrons. The number of nitrogens with two attached hydrogens (primary N) is 1. The van der Waals surface area contributed by atoms with Crippen LogP contribution < -0.4 is 21.7 Å². The Morgan fingerprint density at radius 3 is 2.17 bits per heavy atom. The van der Waals surface area contributed by atoms with Crippen LogP contribution in [0.3, 0.4) is 0 Å². The van der Waals surface area contributed by atoms with Gasteiger partial charge in [0.05, 0.1) is 12.1 Å². The van der Waals surface area contributed by atoms with Crippen molar-refractivity contribution in [2.45, 2.75) is 70.8 Å². The molecule has 0 aliphatic rings. The van der Waals surface area contributed by atoms with E-state index in [1.165, 1.54) is 13.8 Å². The lowest BCUT2D eigenvalue weighted by atomic mass is 9.96. The number of rotatable bonds is 12. The van der Waals surface area contributed by atoms with E-state index in [2.05, 4.69) is 20.9 Å². The van der Waals surface area contributed by atoms with E-state index < -0.39 is 54.0 Å². The summed E-state index contributed by atoms with van der Waals surface area (Å²) in [6.07, 6.45) is 0.964. The molecule has 8 N–H and O–H groups in total. The molecule has 0 bridgehead atoms. The summed E-state index contributed by atoms with van der Waals surface area (Å²) in [5.74, 6) is -3.57. The van der Waals surface area contributed by atoms with Crippen molar-refractivity contribution >= 4 is 34.6 Å². The van der Waals surface area contributed by atoms with Crippen molar-refractivity contribution in [2.24, 2.45) is 11.7 Å². The average Bonchev–Trinajstić information content (AvgIpc) is 3.21. The van der Waals surface area contributed by atoms with Crippen LogP contribution in [0, 0.1) is 5.92 Å². The van der Waals surface area contributed by atoms with Crippen molar-refractivity contribution < 1.29 is 29.4 Å². The van der Waals surface area contributed by atoms with Crippen LogP contribution in [0.2, 0.25) is 0 Å². The Morgan fingerprint density at radius 2 is 1.60 bits per heavy atom. The molecule has 6 unspecified atom stereocenters. The molecule has 1 aromatic heterocycles. The van der Waals surface area contributed by atoms with Gasteiger partial charge in [-0.2, -0.15) is 0 Å². The fraction of sp³-hybridized carbons (Fsp3) is 0.500. The van der Waals surface area contributed by atoms with E-state index >= 15 is 0 Å². The minimum atomic E-state index is -1.56. The van der Waals surface area contributed by atoms with E-state index in [1.54, 1.807) is 13.1 Å². The van der Waals surface area contributed by atoms with Crippen molar-refractivity contribution in [2.75, 3.05) is 0 Å². The summed E-state index contributed by atoms with van der Waals surface area (Å²) in [4.78, 5) is 53.2. The second-order valence-corrected chi connectivity index (χ2v) is 8.85. The van der Waals surface area contributed by atoms with Crippen LogP contribution in [0.25, 0.3) is 10.9 Å². The van der Waals surface area contributed by atoms with E-state index in [-0.39, 0.29) is 12.3 Å². The number of amides is 3. The Labute approximate surface area is 203 Å². The van der Waals surface area contributed by atoms with E-state index in [4.69, 9.17) is 5.73 Å². The molecular formula is C24H35N5O6. The predicted octanol–water partition coefficient (Wildman–Crippen LogP) is 0.0235. The van der Waals surface area contributed by atoms with Gasteiger partial charge in [-0.3, -0.25) is 14.4 Å². The third-order valence-electron chi connectivity index (χ3n) is 5.98. The van der Waals surface area contributed by atoms with Gasteiger partial charge in [-0.25, -0.2) is 4.79 Å². The first kappa shape index (κ1) is 27.8. The molecule has 3 amide bonds. The summed E-state index contributed by atoms with van der Waals surface area (Å²) in [6, 6.07) is 2.89. The van der Waals surface area contributed by atoms with E-state index in [9.17, 15) is 29.4 Å². The van der Waals surface area contributed by atoms with Gasteiger partial charge < -0.3 is 36.9 Å². The van der Waals surface area contributed by atoms with Gasteiger partial charge in [0.2, 0.25) is 17.7 Å². The lowest BCUT2D eigenvalue weighted by Gasteiger charge is -2.28. The minimum absolute atomic E-state index is 0.0438. The smallest absolute Gasteiger partial charge is 0.328 e. The van der Waals surface area contributed by atoms with E-state index in [0.717, 1.165) is 16.5 Å². The number of benzene rings is 1. The van der Waals surface area contributed by atoms with E-state index in [0.29, 0.717) is 6.42 Å². The summed E-state index contributed by atoms with van der Waals surface area (Å²) in [5.41, 5.74) is 7.20. The molecule has 6 atom stereocenters. The van der Waals surface area contributed by atoms with Crippen molar-refractivity contribution in [3.8, 4) is 0 Å². The number of H-pyrrole nitrogens is 1. The number of hydrogen-bond donors (Lipinski definition) is 7. The number of fused-ring (bicyclic) bond motifs is 1. The molecule has 0 saturated carbocycles. The Bertz CT molecular complexity index is 1050. The highest BCUT2D eigenvalue weighted by molar-refractivity contribution is 5.95. The molecule has 1 aromatic carbocycles. The molecule has 35 heavy (non-hydrogen) atoms. The van der Waals surface area contributed by atoms with Gasteiger partial charge in [-0.1, -0.05) is 38.5 Å². The van der Waals surface area contributed by atoms with Crippen LogP contribution in [0.1, 0.15) is 39.7 Å². The maximum absolute atomic E-state index is 13.2. The Hall–Kier alpha value is -3.44. The highest BCUT2D eigenvalue weighted by atomic mass is 16.4. The number of carboxylic acids is 1. The lowest BCUT2D eigenvalue weighted by Crippen LogP contribution is -2.59. The van der Waals surface area contributed by atoms with E-state index in [1.807, 2.05) is 31.2 Å². The average molecular weight is 490 g/mol. The van der Waals surface area contributed by atoms with Gasteiger partial charge in [0.15, 0.2) is 6.04 Å². The molecule has 0 saturated heterocycles. The summed E-state index contributed by atoms with van der Waals surface area (Å²) >= 11 is 0. The number of aliphatic hydroxyl groups excluding tert-OH is 1. The fourth-order valence-electron chi connectivity index (χ4n) is 3.62. The molecule has 0 aliphatic carbocycles. The second kappa shape index (κ2) is 12.3. The summed E-state index contributed by atoms with van der Waals surface area (Å²) < 4.78 is 0. The zero-order valence-corrected chi connectivity index (χ0v) is 20.4. The molecule has 0 spiro atoms. The summed E-state index contributed by atoms with van der Waals surface area (Å²) in [5, 5.41) is 27.6. The van der Waals surface area contributed by atoms with Crippen molar-refractivity contribution in [1.29, 1.82) is 0 Å². The van der Waals surface area contributed by atoms with Gasteiger partial charge >= 0.3 is 5.97 Å². The van der Waals surface area contributed by atoms with Crippen LogP contribution in [-0.4, -0.2) is 69.2 Å². The zero-order chi connectivity index (χ0) is 26.3. The SMILES string of the molecule is CCC(C)C(NC(=O)C(C)N)C(=O)NC(Cc1c[nH]c2ccccc12)C(=O)NC(C(=O)O)C(C)O. The van der Waals surface area contributed by atoms with Crippen LogP contribution in [-0.2, 0) is 25.6 Å². The van der Waals surface area contributed by atoms with Crippen molar-refractivity contribution in [1.82, 2.24) is 20.9 Å². The second-order valence-electron chi connectivity index (χ2n) is 8.85. The Kier molecular flexibility index (Phi) is 9.78. The maximum atomic E-state index is 13.2. The van der Waals surface area contributed by atoms with Gasteiger partial charge in [0, 0.05) is 23.5 Å². The predicted molar refractivity (Wildman–Crippen MR) is 130 cm³/mol. The third kappa shape index (κ3) is 7.27. The van der Waals surface area contributed by atoms with Crippen molar-refractivity contribution in [3.05, 3.63) is 36.0 Å². The van der Waals surface area contributed by atoms with Gasteiger partial charge in [0.1, 0.15) is 12.1 Å². The molecule has 11 nitrogen and oxygen atoms in total. The van der Waals surface area contributed by atoms with Crippen LogP contribution >= 0.6 is 0 Å². The number of carbonyl (C=O) groups is 4. The number of carboxylic acid groups (broad SMARTS) is 1. The highest BCUT2D eigenvalue weighted by Gasteiger charge is 2.33. The fourth-order valence-corrected chi connectivity index (χ4v) is 3.62. The standard InChI is InChI=1S/C24H35N5O6/c1-5-12(2)19(28-21(31)13(3)25)23(33)27-18(22(32)29-20(14(4)30)24(34)35)10-15-11-26-17-9-7-6-8-16(15)17/h6-9,11-14,18-20,26,30H,5,10,25H2,1-4H3,(H,27,33)(H,28,31)(H,29,32)(H,34,35). The van der Waals surface area contributed by atoms with Gasteiger partial charge in [0.25, 0.3) is 0 Å². The number of hydrogen-bond acceptors (Lipinski definition) is 6. The topological polar surface area (TPSA) is 187 Å². The molecule has 2 aromatic rings. The molecule has 1 heterocycles. The largest absolute Gasteiger partial charge is 0.480 e. The number of aromatic amines is 1. The molecule has 0 fully saturated rings. The molecule has 192 valence electrons. The first-order chi connectivity index (χ1) is 16.5. The summed E-state index contributed by atoms with van der Waals surface area (Å²) in [6.45, 7) is 6.39.